The molecule has 712 valence electrons. The Bertz CT molecular complexity index is 4870. The van der Waals surface area contributed by atoms with Gasteiger partial charge in [-0.1, -0.05) is 139 Å². The summed E-state index contributed by atoms with van der Waals surface area (Å²) < 4.78 is 87.1. The van der Waals surface area contributed by atoms with Gasteiger partial charge in [-0.15, -0.1) is 0 Å². The van der Waals surface area contributed by atoms with Crippen molar-refractivity contribution in [2.45, 2.75) is 271 Å². The van der Waals surface area contributed by atoms with Crippen molar-refractivity contribution < 1.29 is 85.5 Å². The van der Waals surface area contributed by atoms with Gasteiger partial charge in [0.05, 0.1) is 94.4 Å². The Hall–Kier alpha value is -8.50. The second-order valence-electron chi connectivity index (χ2n) is 38.7. The average Bonchev–Trinajstić information content (AvgIpc) is 1.48. The summed E-state index contributed by atoms with van der Waals surface area (Å²) in [5.74, 6) is 4.39. The number of amides is 1. The zero-order valence-electron chi connectivity index (χ0n) is 82.2. The van der Waals surface area contributed by atoms with Gasteiger partial charge in [-0.25, -0.2) is 27.7 Å². The molecule has 4 N–H and O–H groups in total. The van der Waals surface area contributed by atoms with Gasteiger partial charge in [0.2, 0.25) is 0 Å². The molecule has 28 heteroatoms. The molecule has 0 aromatic heterocycles. The van der Waals surface area contributed by atoms with Gasteiger partial charge in [-0.2, -0.15) is 0 Å². The number of nitrogens with zero attached hydrogens (tertiary/aromatic N) is 6. The van der Waals surface area contributed by atoms with E-state index < -0.39 is 61.5 Å². The second-order valence-corrected chi connectivity index (χ2v) is 53.4. The molecule has 11 rings (SSSR count). The SMILES string of the molecule is C.[C-]#[N+][C@H](C1Cc2c(OC)c(C)c(OC)c(O)c2C(C(C)Cc2cc(O)c(OC)c(C)c2OC)N1C)N1CCO[C@@H](CCO[Si](C)(C(C)C)C(C)C)C1.[C-]#[N+][C@H](C1Cc2c(OC)c(C)c(OC)c(O)c2C(C(Cc2cc(O[Si](C)(C)C(C)(C)C)c(OC)c(C)c2OC)NC(=O)OCC2c3ccccc3-c3ccccc32)N1C)N1CCO[C@@H](CCO[Si](C)(C(C)C)C(C)C)C1. The topological polar surface area (TPSA) is 241 Å². The minimum absolute atomic E-state index is 0. The number of phenols is 3. The van der Waals surface area contributed by atoms with Crippen LogP contribution in [0.4, 0.5) is 4.79 Å². The van der Waals surface area contributed by atoms with Crippen LogP contribution in [0.15, 0.2) is 60.7 Å². The molecule has 2 fully saturated rings. The third-order valence-electron chi connectivity index (χ3n) is 29.5. The van der Waals surface area contributed by atoms with Crippen LogP contribution in [0.1, 0.15) is 188 Å². The van der Waals surface area contributed by atoms with Crippen molar-refractivity contribution in [2.24, 2.45) is 5.92 Å². The summed E-state index contributed by atoms with van der Waals surface area (Å²) in [6.45, 7) is 65.7. The first-order valence-electron chi connectivity index (χ1n) is 45.7. The molecule has 2 saturated heterocycles. The first-order chi connectivity index (χ1) is 60.6. The Morgan fingerprint density at radius 3 is 1.33 bits per heavy atom. The van der Waals surface area contributed by atoms with Crippen LogP contribution in [-0.2, 0) is 48.7 Å². The number of rotatable bonds is 35. The maximum atomic E-state index is 14.9. The number of methoxy groups -OCH3 is 8. The van der Waals surface area contributed by atoms with Crippen LogP contribution in [0, 0.1) is 46.8 Å². The van der Waals surface area contributed by atoms with Crippen LogP contribution in [0.3, 0.4) is 0 Å². The van der Waals surface area contributed by atoms with E-state index in [1.807, 2.05) is 72.1 Å². The molecular weight excluding hydrogens is 1680 g/mol. The summed E-state index contributed by atoms with van der Waals surface area (Å²) in [4.78, 5) is 32.6. The summed E-state index contributed by atoms with van der Waals surface area (Å²) in [6.07, 6.45) is 1.15. The van der Waals surface area contributed by atoms with Crippen LogP contribution in [0.5, 0.6) is 69.0 Å². The van der Waals surface area contributed by atoms with Crippen molar-refractivity contribution in [1.82, 2.24) is 24.9 Å². The molecule has 4 aliphatic heterocycles. The van der Waals surface area contributed by atoms with Crippen LogP contribution < -0.4 is 47.6 Å². The third kappa shape index (κ3) is 21.3. The molecule has 0 spiro atoms. The van der Waals surface area contributed by atoms with Gasteiger partial charge in [0.1, 0.15) is 47.4 Å². The first kappa shape index (κ1) is 104. The normalized spacial score (nSPS) is 19.7. The molecule has 5 aliphatic rings. The molecule has 1 amide bonds. The van der Waals surface area contributed by atoms with Gasteiger partial charge < -0.3 is 86.0 Å². The maximum Gasteiger partial charge on any atom is 0.407 e. The van der Waals surface area contributed by atoms with Crippen LogP contribution in [0.25, 0.3) is 20.8 Å². The highest BCUT2D eigenvalue weighted by Gasteiger charge is 2.53. The van der Waals surface area contributed by atoms with E-state index in [2.05, 4.69) is 168 Å². The second kappa shape index (κ2) is 43.9. The molecule has 6 aromatic carbocycles. The highest BCUT2D eigenvalue weighted by atomic mass is 28.4. The van der Waals surface area contributed by atoms with E-state index in [0.717, 1.165) is 67.6 Å². The Morgan fingerprint density at radius 2 is 0.930 bits per heavy atom. The Labute approximate surface area is 774 Å². The highest BCUT2D eigenvalue weighted by Crippen LogP contribution is 2.57. The van der Waals surface area contributed by atoms with E-state index in [9.17, 15) is 20.1 Å². The average molecular weight is 1840 g/mol. The van der Waals surface area contributed by atoms with Crippen LogP contribution in [0.2, 0.25) is 53.4 Å². The number of fused-ring (bicyclic) bond motifs is 5. The van der Waals surface area contributed by atoms with Gasteiger partial charge in [0.15, 0.2) is 56.9 Å². The summed E-state index contributed by atoms with van der Waals surface area (Å²) in [5.41, 5.74) is 13.7. The van der Waals surface area contributed by atoms with Crippen molar-refractivity contribution in [2.75, 3.05) is 130 Å². The summed E-state index contributed by atoms with van der Waals surface area (Å²) in [5, 5.41) is 38.6. The fraction of sp³-hybridized carbons (Fsp3) is 0.614. The predicted octanol–water partition coefficient (Wildman–Crippen LogP) is 20.1. The molecule has 25 nitrogen and oxygen atoms in total. The zero-order chi connectivity index (χ0) is 94.3. The number of benzene rings is 6. The van der Waals surface area contributed by atoms with Crippen molar-refractivity contribution >= 4 is 31.0 Å². The van der Waals surface area contributed by atoms with E-state index in [-0.39, 0.29) is 84.6 Å². The largest absolute Gasteiger partial charge is 0.541 e. The number of carbonyl (C=O) groups excluding carboxylic acids is 1. The molecule has 1 aliphatic carbocycles. The molecule has 6 unspecified atom stereocenters. The Morgan fingerprint density at radius 1 is 0.543 bits per heavy atom. The fourth-order valence-corrected chi connectivity index (χ4v) is 26.6. The number of phenolic OH excluding ortho intramolecular Hbond substituents is 3. The zero-order valence-corrected chi connectivity index (χ0v) is 85.2. The van der Waals surface area contributed by atoms with Gasteiger partial charge >= 0.3 is 6.09 Å². The Balaban J connectivity index is 0.000000310. The van der Waals surface area contributed by atoms with Gasteiger partial charge in [-0.05, 0) is 167 Å². The van der Waals surface area contributed by atoms with Crippen molar-refractivity contribution in [3.05, 3.63) is 150 Å². The number of hydrogen-bond acceptors (Lipinski definition) is 22. The standard InChI is InChI=1S/C60H86N4O10Si2.C40H63N3O8Si.CH4/c1-36(2)76(18,37(3)4)73-29-27-41-34-64(28-30-71-41)58(61-10)49-33-46-51(53(65)57(70-15)39(6)55(46)68-13)52(63(49)11)48(31-40-32-50(74-75(16,17)60(7,8)9)56(69-14)38(5)54(40)67-12)62-59(66)72-35-47-44-25-21-19-23-42(44)43-24-20-22-26-45(43)47;1-23(2)52(14,24(3)4)51-17-15-29-22-43(16-18-50-29)40(41-8)31-21-30-33(35(45)39(49-13)27(7)37(30)47-11)34(42(31)9)25(5)19-28-20-32(44)38(48-12)26(6)36(28)46-10;/h19-26,32,36-37,41,47-49,52,58,65H,27-31,33-35H2,1-9,11-18H3,(H,62,66);20,23-25,29,31,34,40,44-45H,15-19,21-22H2,1-7,9-14H3;1H4/t41-,48?,49?,52?,58-;25?,29-,31?,34?,40-;/m00./s1. The van der Waals surface area contributed by atoms with Crippen molar-refractivity contribution in [3.63, 3.8) is 0 Å². The van der Waals surface area contributed by atoms with Gasteiger partial charge in [0, 0.05) is 114 Å². The number of morpholine rings is 2. The minimum atomic E-state index is -2.43. The number of likely N-dealkylation sites (N-methyl/N-ethyl adjacent to an activating group) is 2. The summed E-state index contributed by atoms with van der Waals surface area (Å²) in [6, 6.07) is 17.6. The number of aromatic hydroxyl groups is 3. The lowest BCUT2D eigenvalue weighted by Gasteiger charge is -2.47. The lowest BCUT2D eigenvalue weighted by molar-refractivity contribution is -0.0603. The smallest absolute Gasteiger partial charge is 0.407 e. The van der Waals surface area contributed by atoms with E-state index in [1.54, 1.807) is 48.7 Å². The molecule has 0 saturated carbocycles. The van der Waals surface area contributed by atoms with Crippen LogP contribution >= 0.6 is 0 Å². The minimum Gasteiger partial charge on any atom is -0.541 e. The number of hydrogen-bond donors (Lipinski definition) is 4. The molecule has 6 aromatic rings. The van der Waals surface area contributed by atoms with Crippen molar-refractivity contribution in [1.29, 1.82) is 0 Å². The first-order valence-corrected chi connectivity index (χ1v) is 53.7. The Kier molecular flexibility index (Phi) is 35.5. The fourth-order valence-electron chi connectivity index (χ4n) is 20.4. The molecule has 0 bridgehead atoms. The third-order valence-corrected chi connectivity index (χ3v) is 44.7. The molecule has 0 radical (unpaired) electrons. The summed E-state index contributed by atoms with van der Waals surface area (Å²) in [7, 11) is 10.5. The quantitative estimate of drug-likeness (QED) is 0.0214. The van der Waals surface area contributed by atoms with Crippen LogP contribution in [-0.4, -0.2) is 239 Å². The predicted molar refractivity (Wildman–Crippen MR) is 519 cm³/mol. The van der Waals surface area contributed by atoms with Crippen molar-refractivity contribution in [3.8, 4) is 80.1 Å². The molecule has 4 heterocycles. The van der Waals surface area contributed by atoms with E-state index in [0.29, 0.717) is 163 Å². The van der Waals surface area contributed by atoms with Gasteiger partial charge in [0.25, 0.3) is 20.6 Å². The molecule has 10 atom stereocenters. The monoisotopic (exact) mass is 1840 g/mol. The summed E-state index contributed by atoms with van der Waals surface area (Å²) >= 11 is 0. The highest BCUT2D eigenvalue weighted by molar-refractivity contribution is 6.76. The lowest BCUT2D eigenvalue weighted by atomic mass is 9.77. The van der Waals surface area contributed by atoms with Gasteiger partial charge in [-0.3, -0.25) is 19.5 Å². The molecular formula is C101H153N7O18Si3. The number of carbonyl (C=O) groups is 1. The van der Waals surface area contributed by atoms with E-state index >= 15 is 0 Å². The maximum absolute atomic E-state index is 14.9. The number of nitrogens with one attached hydrogen (secondary N) is 1. The number of ether oxygens (including phenoxy) is 11. The van der Waals surface area contributed by atoms with E-state index in [4.69, 9.17) is 78.5 Å². The molecule has 129 heavy (non-hydrogen) atoms. The number of alkyl carbamates (subject to hydrolysis) is 1. The lowest BCUT2D eigenvalue weighted by Crippen LogP contribution is -2.60. The van der Waals surface area contributed by atoms with E-state index in [1.165, 1.54) is 14.2 Å².